The fourth-order valence-electron chi connectivity index (χ4n) is 2.08. The Balaban J connectivity index is 2.18. The minimum absolute atomic E-state index is 0.00807. The number of rotatable bonds is 0. The van der Waals surface area contributed by atoms with Crippen molar-refractivity contribution in [1.29, 1.82) is 0 Å². The molecule has 1 aliphatic heterocycles. The van der Waals surface area contributed by atoms with E-state index in [1.165, 1.54) is 6.08 Å². The molecule has 0 bridgehead atoms. The molecule has 15 heavy (non-hydrogen) atoms. The largest absolute Gasteiger partial charge is 0.460 e. The molecule has 0 aromatic heterocycles. The summed E-state index contributed by atoms with van der Waals surface area (Å²) in [7, 11) is 0. The Labute approximate surface area is 86.4 Å². The lowest BCUT2D eigenvalue weighted by atomic mass is 9.87. The molecule has 2 aliphatic rings. The Morgan fingerprint density at radius 1 is 1.20 bits per heavy atom. The normalized spacial score (nSPS) is 22.9. The summed E-state index contributed by atoms with van der Waals surface area (Å²) in [5, 5.41) is 0. The maximum absolute atomic E-state index is 11.7. The van der Waals surface area contributed by atoms with Crippen LogP contribution in [0.25, 0.3) is 0 Å². The molecule has 1 aromatic rings. The van der Waals surface area contributed by atoms with Crippen molar-refractivity contribution in [3.63, 3.8) is 0 Å². The number of carbonyl (C=O) groups excluding carboxylic acids is 2. The van der Waals surface area contributed by atoms with Gasteiger partial charge in [0.05, 0.1) is 6.42 Å². The Bertz CT molecular complexity index is 499. The van der Waals surface area contributed by atoms with Gasteiger partial charge in [0.2, 0.25) is 0 Å². The first-order valence-corrected chi connectivity index (χ1v) is 4.79. The second-order valence-electron chi connectivity index (χ2n) is 3.73. The van der Waals surface area contributed by atoms with Crippen LogP contribution in [0.3, 0.4) is 0 Å². The maximum Gasteiger partial charge on any atom is 0.166 e. The summed E-state index contributed by atoms with van der Waals surface area (Å²) in [6.07, 6.45) is 1.43. The molecule has 0 saturated carbocycles. The predicted octanol–water partition coefficient (Wildman–Crippen LogP) is 1.59. The van der Waals surface area contributed by atoms with Crippen molar-refractivity contribution >= 4 is 11.6 Å². The van der Waals surface area contributed by atoms with Crippen LogP contribution < -0.4 is 4.74 Å². The molecule has 3 nitrogen and oxygen atoms in total. The quantitative estimate of drug-likeness (QED) is 0.597. The molecule has 74 valence electrons. The molecular weight excluding hydrogens is 192 g/mol. The first-order valence-electron chi connectivity index (χ1n) is 4.79. The summed E-state index contributed by atoms with van der Waals surface area (Å²) < 4.78 is 5.47. The number of ether oxygens (including phenoxy) is 1. The van der Waals surface area contributed by atoms with Crippen molar-refractivity contribution in [3.05, 3.63) is 41.7 Å². The van der Waals surface area contributed by atoms with Crippen LogP contribution in [0.15, 0.2) is 36.1 Å². The van der Waals surface area contributed by atoms with Crippen molar-refractivity contribution < 1.29 is 14.3 Å². The molecule has 0 spiro atoms. The third-order valence-corrected chi connectivity index (χ3v) is 2.72. The molecular formula is C12H8O3. The van der Waals surface area contributed by atoms with Crippen molar-refractivity contribution in [2.24, 2.45) is 0 Å². The highest BCUT2D eigenvalue weighted by Gasteiger charge is 2.38. The smallest absolute Gasteiger partial charge is 0.166 e. The number of Topliss-reactive ketones (excluding diaryl/α,β-unsaturated/α-hetero) is 1. The van der Waals surface area contributed by atoms with Gasteiger partial charge in [-0.2, -0.15) is 0 Å². The average Bonchev–Trinajstić information content (AvgIpc) is 2.54. The highest BCUT2D eigenvalue weighted by atomic mass is 16.5. The highest BCUT2D eigenvalue weighted by Crippen LogP contribution is 2.43. The number of carbonyl (C=O) groups is 2. The third-order valence-electron chi connectivity index (χ3n) is 2.72. The summed E-state index contributed by atoms with van der Waals surface area (Å²) in [5.74, 6) is 0.592. The first kappa shape index (κ1) is 8.41. The van der Waals surface area contributed by atoms with Gasteiger partial charge in [-0.05, 0) is 6.07 Å². The average molecular weight is 200 g/mol. The van der Waals surface area contributed by atoms with E-state index in [4.69, 9.17) is 4.74 Å². The molecule has 3 heteroatoms. The van der Waals surface area contributed by atoms with Crippen LogP contribution >= 0.6 is 0 Å². The number of fused-ring (bicyclic) bond motifs is 3. The number of ketones is 2. The van der Waals surface area contributed by atoms with Gasteiger partial charge in [0, 0.05) is 11.6 Å². The van der Waals surface area contributed by atoms with E-state index in [1.54, 1.807) is 0 Å². The number of hydrogen-bond acceptors (Lipinski definition) is 3. The fourth-order valence-corrected chi connectivity index (χ4v) is 2.08. The molecule has 0 amide bonds. The van der Waals surface area contributed by atoms with Crippen LogP contribution in [0.5, 0.6) is 5.75 Å². The van der Waals surface area contributed by atoms with Gasteiger partial charge >= 0.3 is 0 Å². The van der Waals surface area contributed by atoms with Crippen LogP contribution in [0.1, 0.15) is 17.9 Å². The van der Waals surface area contributed by atoms with E-state index >= 15 is 0 Å². The molecule has 0 fully saturated rings. The number of para-hydroxylation sites is 1. The molecule has 0 N–H and O–H groups in total. The monoisotopic (exact) mass is 200 g/mol. The van der Waals surface area contributed by atoms with Crippen molar-refractivity contribution in [3.8, 4) is 5.75 Å². The SMILES string of the molecule is O=C1C=C2Oc3ccccc3C2C(=O)C1. The van der Waals surface area contributed by atoms with E-state index in [-0.39, 0.29) is 23.9 Å². The zero-order valence-corrected chi connectivity index (χ0v) is 7.90. The lowest BCUT2D eigenvalue weighted by Gasteiger charge is -2.13. The molecule has 1 aromatic carbocycles. The minimum Gasteiger partial charge on any atom is -0.460 e. The van der Waals surface area contributed by atoms with Crippen LogP contribution in [-0.4, -0.2) is 11.6 Å². The van der Waals surface area contributed by atoms with E-state index in [1.807, 2.05) is 24.3 Å². The van der Waals surface area contributed by atoms with Gasteiger partial charge in [-0.15, -0.1) is 0 Å². The Morgan fingerprint density at radius 3 is 2.87 bits per heavy atom. The lowest BCUT2D eigenvalue weighted by molar-refractivity contribution is -0.126. The van der Waals surface area contributed by atoms with Crippen LogP contribution in [0, 0.1) is 0 Å². The van der Waals surface area contributed by atoms with Gasteiger partial charge in [0.15, 0.2) is 11.6 Å². The molecule has 1 heterocycles. The Kier molecular flexibility index (Phi) is 1.57. The van der Waals surface area contributed by atoms with Crippen molar-refractivity contribution in [2.45, 2.75) is 12.3 Å². The second-order valence-corrected chi connectivity index (χ2v) is 3.73. The predicted molar refractivity (Wildman–Crippen MR) is 52.5 cm³/mol. The molecule has 0 saturated heterocycles. The van der Waals surface area contributed by atoms with Gasteiger partial charge in [-0.25, -0.2) is 0 Å². The lowest BCUT2D eigenvalue weighted by Crippen LogP contribution is -2.21. The fraction of sp³-hybridized carbons (Fsp3) is 0.167. The number of allylic oxidation sites excluding steroid dienone is 2. The molecule has 1 aliphatic carbocycles. The summed E-state index contributed by atoms with van der Waals surface area (Å²) in [6.45, 7) is 0. The molecule has 1 atom stereocenters. The standard InChI is InChI=1S/C12H8O3/c13-7-5-9(14)12-8-3-1-2-4-10(8)15-11(12)6-7/h1-4,6,12H,5H2. The highest BCUT2D eigenvalue weighted by molar-refractivity contribution is 6.11. The Hall–Kier alpha value is -1.90. The third kappa shape index (κ3) is 1.13. The molecule has 1 unspecified atom stereocenters. The van der Waals surface area contributed by atoms with E-state index in [9.17, 15) is 9.59 Å². The van der Waals surface area contributed by atoms with Gasteiger partial charge in [0.1, 0.15) is 17.4 Å². The van der Waals surface area contributed by atoms with E-state index < -0.39 is 0 Å². The van der Waals surface area contributed by atoms with Crippen molar-refractivity contribution in [2.75, 3.05) is 0 Å². The summed E-state index contributed by atoms with van der Waals surface area (Å²) in [5.41, 5.74) is 0.876. The van der Waals surface area contributed by atoms with Crippen LogP contribution in [0.2, 0.25) is 0 Å². The second kappa shape index (κ2) is 2.79. The topological polar surface area (TPSA) is 43.4 Å². The van der Waals surface area contributed by atoms with Gasteiger partial charge < -0.3 is 4.74 Å². The van der Waals surface area contributed by atoms with E-state index in [2.05, 4.69) is 0 Å². The van der Waals surface area contributed by atoms with Gasteiger partial charge in [-0.1, -0.05) is 18.2 Å². The zero-order chi connectivity index (χ0) is 10.4. The van der Waals surface area contributed by atoms with Crippen molar-refractivity contribution in [1.82, 2.24) is 0 Å². The molecule has 3 rings (SSSR count). The summed E-state index contributed by atoms with van der Waals surface area (Å²) in [6, 6.07) is 7.40. The summed E-state index contributed by atoms with van der Waals surface area (Å²) in [4.78, 5) is 22.9. The van der Waals surface area contributed by atoms with Crippen LogP contribution in [-0.2, 0) is 9.59 Å². The van der Waals surface area contributed by atoms with Crippen LogP contribution in [0.4, 0.5) is 0 Å². The Morgan fingerprint density at radius 2 is 2.00 bits per heavy atom. The first-order chi connectivity index (χ1) is 7.25. The van der Waals surface area contributed by atoms with Gasteiger partial charge in [0.25, 0.3) is 0 Å². The minimum atomic E-state index is -0.348. The number of hydrogen-bond donors (Lipinski definition) is 0. The van der Waals surface area contributed by atoms with Gasteiger partial charge in [-0.3, -0.25) is 9.59 Å². The summed E-state index contributed by atoms with van der Waals surface area (Å²) >= 11 is 0. The zero-order valence-electron chi connectivity index (χ0n) is 7.90. The van der Waals surface area contributed by atoms with E-state index in [0.717, 1.165) is 5.56 Å². The number of benzene rings is 1. The van der Waals surface area contributed by atoms with E-state index in [0.29, 0.717) is 11.5 Å². The maximum atomic E-state index is 11.7. The molecule has 0 radical (unpaired) electrons.